The molecule has 0 saturated heterocycles. The van der Waals surface area contributed by atoms with Crippen LogP contribution in [0.2, 0.25) is 0 Å². The summed E-state index contributed by atoms with van der Waals surface area (Å²) in [6.45, 7) is 13.9. The number of esters is 2. The highest BCUT2D eigenvalue weighted by Gasteiger charge is 2.16. The second-order valence-corrected chi connectivity index (χ2v) is 10.5. The highest BCUT2D eigenvalue weighted by Crippen LogP contribution is 2.29. The molecule has 0 bridgehead atoms. The first-order chi connectivity index (χ1) is 22.8. The van der Waals surface area contributed by atoms with Crippen LogP contribution in [0, 0.1) is 13.1 Å². The number of benzene rings is 4. The van der Waals surface area contributed by atoms with Crippen molar-refractivity contribution in [2.24, 2.45) is 0 Å². The third-order valence-corrected chi connectivity index (χ3v) is 7.61. The van der Waals surface area contributed by atoms with E-state index >= 15 is 0 Å². The maximum Gasteiger partial charge on any atom is 0.340 e. The first kappa shape index (κ1) is 33.8. The molecule has 0 atom stereocenters. The summed E-state index contributed by atoms with van der Waals surface area (Å²) < 4.78 is 22.2. The molecule has 0 radical (unpaired) electrons. The molecule has 0 aliphatic carbocycles. The van der Waals surface area contributed by atoms with Crippen molar-refractivity contribution in [2.75, 3.05) is 28.4 Å². The quantitative estimate of drug-likeness (QED) is 0.143. The molecule has 0 aliphatic heterocycles. The van der Waals surface area contributed by atoms with Crippen molar-refractivity contribution in [3.63, 3.8) is 0 Å². The van der Waals surface area contributed by atoms with E-state index in [-0.39, 0.29) is 5.97 Å². The van der Waals surface area contributed by atoms with E-state index in [0.717, 1.165) is 21.8 Å². The lowest BCUT2D eigenvalue weighted by atomic mass is 10.1. The largest absolute Gasteiger partial charge is 0.497 e. The lowest BCUT2D eigenvalue weighted by molar-refractivity contribution is 0.0591. The Balaban J connectivity index is 0.000000176. The second-order valence-electron chi connectivity index (χ2n) is 9.61. The van der Waals surface area contributed by atoms with Crippen molar-refractivity contribution in [2.45, 2.75) is 0 Å². The van der Waals surface area contributed by atoms with Crippen molar-refractivity contribution in [1.29, 1.82) is 0 Å². The highest BCUT2D eigenvalue weighted by atomic mass is 79.9. The van der Waals surface area contributed by atoms with E-state index in [0.29, 0.717) is 44.2 Å². The fourth-order valence-corrected chi connectivity index (χ4v) is 4.95. The molecule has 0 saturated carbocycles. The van der Waals surface area contributed by atoms with Gasteiger partial charge in [-0.15, -0.1) is 0 Å². The number of aromatic nitrogens is 2. The molecule has 10 nitrogen and oxygen atoms in total. The monoisotopic (exact) mass is 692 g/mol. The Hall–Kier alpha value is -6.04. The molecule has 0 fully saturated rings. The number of halogens is 1. The van der Waals surface area contributed by atoms with Crippen LogP contribution in [0.25, 0.3) is 37.2 Å². The summed E-state index contributed by atoms with van der Waals surface area (Å²) in [7, 11) is 5.78. The van der Waals surface area contributed by atoms with Crippen LogP contribution in [0.15, 0.2) is 102 Å². The zero-order valence-corrected chi connectivity index (χ0v) is 27.5. The van der Waals surface area contributed by atoms with Crippen LogP contribution in [0.1, 0.15) is 20.7 Å². The molecule has 0 aliphatic rings. The Morgan fingerprint density at radius 1 is 0.702 bits per heavy atom. The van der Waals surface area contributed by atoms with Gasteiger partial charge in [0, 0.05) is 22.4 Å². The summed E-state index contributed by atoms with van der Waals surface area (Å²) in [5.41, 5.74) is 4.84. The summed E-state index contributed by atoms with van der Waals surface area (Å²) in [6, 6.07) is 25.3. The lowest BCUT2D eigenvalue weighted by Gasteiger charge is -2.12. The number of ether oxygens (including phenoxy) is 4. The fourth-order valence-electron chi connectivity index (χ4n) is 4.54. The first-order valence-corrected chi connectivity index (χ1v) is 14.7. The van der Waals surface area contributed by atoms with Gasteiger partial charge in [0.1, 0.15) is 11.5 Å². The van der Waals surface area contributed by atoms with E-state index in [4.69, 9.17) is 27.4 Å². The predicted octanol–water partition coefficient (Wildman–Crippen LogP) is 8.94. The minimum atomic E-state index is -0.432. The van der Waals surface area contributed by atoms with Gasteiger partial charge in [-0.25, -0.2) is 19.3 Å². The Labute approximate surface area is 279 Å². The van der Waals surface area contributed by atoms with Crippen molar-refractivity contribution >= 4 is 61.0 Å². The number of nitrogens with one attached hydrogen (secondary N) is 1. The normalized spacial score (nSPS) is 9.94. The number of rotatable bonds is 5. The number of hydrogen-bond donors (Lipinski definition) is 1. The van der Waals surface area contributed by atoms with E-state index in [1.807, 2.05) is 65.5 Å². The summed E-state index contributed by atoms with van der Waals surface area (Å²) in [5, 5.41) is 2.03. The van der Waals surface area contributed by atoms with Crippen LogP contribution >= 0.6 is 15.9 Å². The number of carbonyl (C=O) groups excluding carboxylic acids is 2. The third kappa shape index (κ3) is 7.98. The molecule has 1 N–H and O–H groups in total. The molecule has 47 heavy (non-hydrogen) atoms. The minimum Gasteiger partial charge on any atom is -0.497 e. The average molecular weight is 694 g/mol. The zero-order valence-electron chi connectivity index (χ0n) is 25.9. The van der Waals surface area contributed by atoms with E-state index in [9.17, 15) is 9.59 Å². The SMILES string of the molecule is COC(=O)c1cc(OC)ccc1Br.[C-]#[N+]c1ccc2[nH]ccc2c1.[C-]#[N+]c1ccc2c(ccn2-c2ccc(OC)cc2C(=O)OC)c1. The Kier molecular flexibility index (Phi) is 11.4. The van der Waals surface area contributed by atoms with Gasteiger partial charge in [0.25, 0.3) is 0 Å². The summed E-state index contributed by atoms with van der Waals surface area (Å²) in [6.07, 6.45) is 3.74. The van der Waals surface area contributed by atoms with Crippen molar-refractivity contribution < 1.29 is 28.5 Å². The molecular weight excluding hydrogens is 664 g/mol. The van der Waals surface area contributed by atoms with Gasteiger partial charge in [-0.3, -0.25) is 0 Å². The van der Waals surface area contributed by atoms with E-state index in [1.54, 1.807) is 50.6 Å². The minimum absolute atomic E-state index is 0.384. The molecule has 2 heterocycles. The Bertz CT molecular complexity index is 2140. The van der Waals surface area contributed by atoms with Crippen molar-refractivity contribution in [1.82, 2.24) is 9.55 Å². The summed E-state index contributed by atoms with van der Waals surface area (Å²) in [5.74, 6) is 0.397. The number of hydrogen-bond acceptors (Lipinski definition) is 6. The van der Waals surface area contributed by atoms with E-state index in [1.165, 1.54) is 14.2 Å². The highest BCUT2D eigenvalue weighted by molar-refractivity contribution is 9.10. The lowest BCUT2D eigenvalue weighted by Crippen LogP contribution is -2.07. The van der Waals surface area contributed by atoms with Crippen LogP contribution < -0.4 is 9.47 Å². The Morgan fingerprint density at radius 2 is 1.30 bits per heavy atom. The molecular formula is C36H29BrN4O6. The smallest absolute Gasteiger partial charge is 0.340 e. The van der Waals surface area contributed by atoms with Gasteiger partial charge in [-0.1, -0.05) is 12.1 Å². The molecule has 4 aromatic carbocycles. The van der Waals surface area contributed by atoms with Crippen LogP contribution in [-0.2, 0) is 9.47 Å². The molecule has 0 unspecified atom stereocenters. The summed E-state index contributed by atoms with van der Waals surface area (Å²) in [4.78, 5) is 33.1. The number of nitrogens with zero attached hydrogens (tertiary/aromatic N) is 3. The molecule has 11 heteroatoms. The van der Waals surface area contributed by atoms with Gasteiger partial charge >= 0.3 is 11.9 Å². The predicted molar refractivity (Wildman–Crippen MR) is 184 cm³/mol. The van der Waals surface area contributed by atoms with Crippen LogP contribution in [0.3, 0.4) is 0 Å². The van der Waals surface area contributed by atoms with Gasteiger partial charge in [0.2, 0.25) is 0 Å². The fraction of sp³-hybridized carbons (Fsp3) is 0.111. The number of H-pyrrole nitrogens is 1. The van der Waals surface area contributed by atoms with E-state index < -0.39 is 5.97 Å². The summed E-state index contributed by atoms with van der Waals surface area (Å²) >= 11 is 3.24. The number of methoxy groups -OCH3 is 4. The molecule has 0 amide bonds. The molecule has 0 spiro atoms. The third-order valence-electron chi connectivity index (χ3n) is 6.92. The first-order valence-electron chi connectivity index (χ1n) is 13.9. The zero-order chi connectivity index (χ0) is 33.9. The molecule has 236 valence electrons. The van der Waals surface area contributed by atoms with Crippen LogP contribution in [0.4, 0.5) is 11.4 Å². The van der Waals surface area contributed by atoms with Crippen molar-refractivity contribution in [3.05, 3.63) is 136 Å². The van der Waals surface area contributed by atoms with Gasteiger partial charge in [0.15, 0.2) is 11.4 Å². The second kappa shape index (κ2) is 15.8. The Morgan fingerprint density at radius 3 is 1.94 bits per heavy atom. The molecule has 6 rings (SSSR count). The molecule has 6 aromatic rings. The van der Waals surface area contributed by atoms with E-state index in [2.05, 4.69) is 35.3 Å². The maximum atomic E-state index is 12.1. The van der Waals surface area contributed by atoms with Gasteiger partial charge in [0.05, 0.1) is 63.9 Å². The van der Waals surface area contributed by atoms with Gasteiger partial charge < -0.3 is 28.5 Å². The van der Waals surface area contributed by atoms with Crippen LogP contribution in [0.5, 0.6) is 11.5 Å². The maximum absolute atomic E-state index is 12.1. The number of carbonyl (C=O) groups is 2. The number of fused-ring (bicyclic) bond motifs is 2. The standard InChI is InChI=1S/C18H14N2O3.C9H9BrO3.C9H6N2/c1-19-13-4-6-16-12(10-13)8-9-20(16)17-7-5-14(22-2)11-15(17)18(21)23-3;1-12-6-3-4-8(10)7(5-6)9(11)13-2;1-10-8-2-3-9-7(6-8)4-5-11-9/h4-11H,2-3H3;3-5H,1-2H3;2-6,11H. The topological polar surface area (TPSA) is 101 Å². The van der Waals surface area contributed by atoms with Crippen molar-refractivity contribution in [3.8, 4) is 17.2 Å². The number of aromatic amines is 1. The van der Waals surface area contributed by atoms with Crippen LogP contribution in [-0.4, -0.2) is 49.9 Å². The average Bonchev–Trinajstić information content (AvgIpc) is 3.78. The molecule has 2 aromatic heterocycles. The van der Waals surface area contributed by atoms with Gasteiger partial charge in [-0.2, -0.15) is 0 Å². The van der Waals surface area contributed by atoms with Gasteiger partial charge in [-0.05, 0) is 99.5 Å².